The molecule has 2 heterocycles. The minimum Gasteiger partial charge on any atom is -0.352 e. The molecule has 0 radical (unpaired) electrons. The van der Waals surface area contributed by atoms with Crippen molar-refractivity contribution >= 4 is 26.6 Å². The highest BCUT2D eigenvalue weighted by Gasteiger charge is 2.31. The number of piperazine rings is 1. The van der Waals surface area contributed by atoms with Crippen molar-refractivity contribution in [3.63, 3.8) is 0 Å². The van der Waals surface area contributed by atoms with E-state index in [2.05, 4.69) is 22.3 Å². The van der Waals surface area contributed by atoms with Crippen LogP contribution in [0.3, 0.4) is 0 Å². The van der Waals surface area contributed by atoms with Gasteiger partial charge in [0.15, 0.2) is 5.82 Å². The molecule has 4 aromatic rings. The number of sulfonamides is 1. The third kappa shape index (κ3) is 4.17. The highest BCUT2D eigenvalue weighted by atomic mass is 32.2. The number of hydrogen-bond acceptors (Lipinski definition) is 5. The quantitative estimate of drug-likeness (QED) is 0.453. The summed E-state index contributed by atoms with van der Waals surface area (Å²) in [6.07, 6.45) is 0. The summed E-state index contributed by atoms with van der Waals surface area (Å²) in [7, 11) is -4.13. The van der Waals surface area contributed by atoms with Crippen molar-refractivity contribution in [1.82, 2.24) is 14.5 Å². The average molecular weight is 467 g/mol. The first-order valence-corrected chi connectivity index (χ1v) is 11.9. The van der Waals surface area contributed by atoms with Crippen molar-refractivity contribution in [1.29, 1.82) is 0 Å². The number of nitrogens with zero attached hydrogens (tertiary/aromatic N) is 4. The fraction of sp³-hybridized carbons (Fsp3) is 0.167. The molecule has 3 aromatic carbocycles. The van der Waals surface area contributed by atoms with Gasteiger partial charge in [0, 0.05) is 31.7 Å². The van der Waals surface area contributed by atoms with E-state index in [0.29, 0.717) is 25.0 Å². The number of benzene rings is 3. The molecule has 0 unspecified atom stereocenters. The lowest BCUT2D eigenvalue weighted by molar-refractivity contribution is 0.380. The van der Waals surface area contributed by atoms with E-state index in [9.17, 15) is 17.2 Å². The van der Waals surface area contributed by atoms with Crippen molar-refractivity contribution in [3.05, 3.63) is 84.4 Å². The Hall–Kier alpha value is -3.43. The van der Waals surface area contributed by atoms with Crippen LogP contribution in [0.15, 0.2) is 77.7 Å². The molecule has 1 aromatic heterocycles. The SMILES string of the molecule is O=S(=O)(c1cc(F)ccc1F)N1CCN(c2ccc(-c3ccc4ccccc4c3)nn2)CC1. The molecule has 5 rings (SSSR count). The minimum absolute atomic E-state index is 0.131. The Morgan fingerprint density at radius 1 is 0.758 bits per heavy atom. The molecule has 0 aliphatic carbocycles. The molecule has 0 atom stereocenters. The average Bonchev–Trinajstić information content (AvgIpc) is 2.85. The molecule has 33 heavy (non-hydrogen) atoms. The Balaban J connectivity index is 1.29. The second kappa shape index (κ2) is 8.49. The first kappa shape index (κ1) is 21.4. The van der Waals surface area contributed by atoms with Gasteiger partial charge in [0.25, 0.3) is 0 Å². The zero-order valence-electron chi connectivity index (χ0n) is 17.5. The molecule has 0 amide bonds. The van der Waals surface area contributed by atoms with Gasteiger partial charge in [0.05, 0.1) is 5.69 Å². The molecule has 0 N–H and O–H groups in total. The maximum atomic E-state index is 14.0. The number of halogens is 2. The third-order valence-corrected chi connectivity index (χ3v) is 7.68. The van der Waals surface area contributed by atoms with E-state index < -0.39 is 26.6 Å². The number of hydrogen-bond donors (Lipinski definition) is 0. The zero-order valence-corrected chi connectivity index (χ0v) is 18.3. The van der Waals surface area contributed by atoms with Crippen LogP contribution in [0, 0.1) is 11.6 Å². The summed E-state index contributed by atoms with van der Waals surface area (Å²) in [5.74, 6) is -1.13. The fourth-order valence-electron chi connectivity index (χ4n) is 3.97. The Morgan fingerprint density at radius 2 is 1.52 bits per heavy atom. The van der Waals surface area contributed by atoms with Crippen molar-refractivity contribution in [2.75, 3.05) is 31.1 Å². The summed E-state index contributed by atoms with van der Waals surface area (Å²) >= 11 is 0. The van der Waals surface area contributed by atoms with E-state index in [-0.39, 0.29) is 13.1 Å². The minimum atomic E-state index is -4.13. The molecular formula is C24H20F2N4O2S. The van der Waals surface area contributed by atoms with Crippen LogP contribution < -0.4 is 4.90 Å². The summed E-state index contributed by atoms with van der Waals surface area (Å²) in [6.45, 7) is 0.985. The maximum Gasteiger partial charge on any atom is 0.246 e. The summed E-state index contributed by atoms with van der Waals surface area (Å²) in [4.78, 5) is 1.28. The molecule has 0 spiro atoms. The highest BCUT2D eigenvalue weighted by Crippen LogP contribution is 2.25. The van der Waals surface area contributed by atoms with E-state index in [4.69, 9.17) is 0 Å². The smallest absolute Gasteiger partial charge is 0.246 e. The highest BCUT2D eigenvalue weighted by molar-refractivity contribution is 7.89. The summed E-state index contributed by atoms with van der Waals surface area (Å²) < 4.78 is 54.2. The standard InChI is InChI=1S/C24H20F2N4O2S/c25-20-7-8-21(26)23(16-20)33(31,32)30-13-11-29(12-14-30)24-10-9-22(27-28-24)19-6-5-17-3-1-2-4-18(17)15-19/h1-10,15-16H,11-14H2. The third-order valence-electron chi connectivity index (χ3n) is 5.77. The monoisotopic (exact) mass is 466 g/mol. The number of aromatic nitrogens is 2. The Labute approximate surface area is 190 Å². The lowest BCUT2D eigenvalue weighted by Gasteiger charge is -2.34. The van der Waals surface area contributed by atoms with Gasteiger partial charge in [-0.15, -0.1) is 10.2 Å². The van der Waals surface area contributed by atoms with Gasteiger partial charge in [-0.25, -0.2) is 17.2 Å². The van der Waals surface area contributed by atoms with Crippen molar-refractivity contribution in [2.24, 2.45) is 0 Å². The van der Waals surface area contributed by atoms with Crippen LogP contribution in [0.25, 0.3) is 22.0 Å². The van der Waals surface area contributed by atoms with Gasteiger partial charge >= 0.3 is 0 Å². The van der Waals surface area contributed by atoms with Crippen molar-refractivity contribution in [2.45, 2.75) is 4.90 Å². The van der Waals surface area contributed by atoms with Crippen LogP contribution in [-0.2, 0) is 10.0 Å². The van der Waals surface area contributed by atoms with Crippen LogP contribution in [0.4, 0.5) is 14.6 Å². The summed E-state index contributed by atoms with van der Waals surface area (Å²) in [5, 5.41) is 10.9. The molecule has 6 nitrogen and oxygen atoms in total. The molecule has 0 bridgehead atoms. The largest absolute Gasteiger partial charge is 0.352 e. The van der Waals surface area contributed by atoms with Crippen LogP contribution in [0.5, 0.6) is 0 Å². The van der Waals surface area contributed by atoms with Crippen molar-refractivity contribution < 1.29 is 17.2 Å². The second-order valence-corrected chi connectivity index (χ2v) is 9.71. The second-order valence-electron chi connectivity index (χ2n) is 7.80. The van der Waals surface area contributed by atoms with Crippen LogP contribution >= 0.6 is 0 Å². The lowest BCUT2D eigenvalue weighted by atomic mass is 10.1. The van der Waals surface area contributed by atoms with Gasteiger partial charge in [-0.05, 0) is 47.2 Å². The zero-order chi connectivity index (χ0) is 23.0. The lowest BCUT2D eigenvalue weighted by Crippen LogP contribution is -2.49. The Morgan fingerprint density at radius 3 is 2.24 bits per heavy atom. The van der Waals surface area contributed by atoms with Gasteiger partial charge < -0.3 is 4.90 Å². The predicted octanol–water partition coefficient (Wildman–Crippen LogP) is 4.09. The van der Waals surface area contributed by atoms with Gasteiger partial charge in [-0.1, -0.05) is 36.4 Å². The number of rotatable bonds is 4. The molecule has 1 aliphatic rings. The molecular weight excluding hydrogens is 446 g/mol. The fourth-order valence-corrected chi connectivity index (χ4v) is 5.47. The van der Waals surface area contributed by atoms with Gasteiger partial charge in [-0.2, -0.15) is 4.31 Å². The van der Waals surface area contributed by atoms with E-state index in [0.717, 1.165) is 38.5 Å². The van der Waals surface area contributed by atoms with Crippen LogP contribution in [0.1, 0.15) is 0 Å². The van der Waals surface area contributed by atoms with E-state index >= 15 is 0 Å². The summed E-state index contributed by atoms with van der Waals surface area (Å²) in [5.41, 5.74) is 1.70. The molecule has 1 saturated heterocycles. The summed E-state index contributed by atoms with van der Waals surface area (Å²) in [6, 6.07) is 20.4. The van der Waals surface area contributed by atoms with E-state index in [1.807, 2.05) is 47.4 Å². The van der Waals surface area contributed by atoms with Gasteiger partial charge in [0.2, 0.25) is 10.0 Å². The van der Waals surface area contributed by atoms with Crippen LogP contribution in [0.2, 0.25) is 0 Å². The van der Waals surface area contributed by atoms with Crippen molar-refractivity contribution in [3.8, 4) is 11.3 Å². The van der Waals surface area contributed by atoms with E-state index in [1.165, 1.54) is 0 Å². The predicted molar refractivity (Wildman–Crippen MR) is 122 cm³/mol. The van der Waals surface area contributed by atoms with Gasteiger partial charge in [-0.3, -0.25) is 0 Å². The van der Waals surface area contributed by atoms with Crippen LogP contribution in [-0.4, -0.2) is 49.1 Å². The molecule has 168 valence electrons. The first-order valence-electron chi connectivity index (χ1n) is 10.4. The first-order chi connectivity index (χ1) is 15.9. The maximum absolute atomic E-state index is 14.0. The normalized spacial score (nSPS) is 15.2. The Kier molecular flexibility index (Phi) is 5.51. The van der Waals surface area contributed by atoms with E-state index in [1.54, 1.807) is 0 Å². The molecule has 9 heteroatoms. The molecule has 0 saturated carbocycles. The molecule has 1 aliphatic heterocycles. The topological polar surface area (TPSA) is 66.4 Å². The number of anilines is 1. The van der Waals surface area contributed by atoms with Gasteiger partial charge in [0.1, 0.15) is 16.5 Å². The number of fused-ring (bicyclic) bond motifs is 1. The Bertz CT molecular complexity index is 1420. The molecule has 1 fully saturated rings.